The molecule has 25 heavy (non-hydrogen) atoms. The van der Waals surface area contributed by atoms with E-state index in [-0.39, 0.29) is 5.56 Å². The van der Waals surface area contributed by atoms with E-state index in [4.69, 9.17) is 0 Å². The van der Waals surface area contributed by atoms with Gasteiger partial charge >= 0.3 is 0 Å². The Hall–Kier alpha value is -3.41. The summed E-state index contributed by atoms with van der Waals surface area (Å²) in [6.45, 7) is 3.97. The monoisotopic (exact) mass is 331 g/mol. The Morgan fingerprint density at radius 3 is 2.48 bits per heavy atom. The first-order chi connectivity index (χ1) is 12.1. The first-order valence-corrected chi connectivity index (χ1v) is 8.00. The second kappa shape index (κ2) is 5.90. The average Bonchev–Trinajstić information content (AvgIpc) is 3.07. The van der Waals surface area contributed by atoms with Crippen molar-refractivity contribution in [3.63, 3.8) is 0 Å². The van der Waals surface area contributed by atoms with Crippen molar-refractivity contribution < 1.29 is 0 Å². The summed E-state index contributed by atoms with van der Waals surface area (Å²) in [5.74, 6) is 0.438. The molecular formula is C19H17N5O. The van der Waals surface area contributed by atoms with Crippen molar-refractivity contribution in [3.8, 4) is 5.69 Å². The van der Waals surface area contributed by atoms with E-state index in [0.717, 1.165) is 22.5 Å². The predicted molar refractivity (Wildman–Crippen MR) is 98.7 cm³/mol. The number of nitrogens with zero attached hydrogens (tertiary/aromatic N) is 3. The molecule has 0 spiro atoms. The molecule has 0 atom stereocenters. The number of aryl methyl sites for hydroxylation is 2. The van der Waals surface area contributed by atoms with Crippen LogP contribution in [0.3, 0.4) is 0 Å². The van der Waals surface area contributed by atoms with Gasteiger partial charge < -0.3 is 10.3 Å². The Morgan fingerprint density at radius 1 is 1.00 bits per heavy atom. The molecule has 0 aliphatic rings. The van der Waals surface area contributed by atoms with E-state index >= 15 is 0 Å². The van der Waals surface area contributed by atoms with Gasteiger partial charge in [-0.25, -0.2) is 9.55 Å². The minimum absolute atomic E-state index is 0.187. The Labute approximate surface area is 144 Å². The number of para-hydroxylation sites is 2. The Balaban J connectivity index is 1.99. The molecule has 2 aromatic heterocycles. The molecule has 4 rings (SSSR count). The van der Waals surface area contributed by atoms with E-state index in [1.807, 2.05) is 62.4 Å². The van der Waals surface area contributed by atoms with Gasteiger partial charge in [0.1, 0.15) is 0 Å². The molecule has 124 valence electrons. The van der Waals surface area contributed by atoms with Crippen molar-refractivity contribution >= 4 is 22.8 Å². The van der Waals surface area contributed by atoms with Crippen LogP contribution in [0.25, 0.3) is 16.9 Å². The second-order valence-corrected chi connectivity index (χ2v) is 5.90. The molecule has 0 aliphatic heterocycles. The standard InChI is InChI=1S/C19H17N5O/c1-12-7-3-5-9-14(12)22-19-23-17-16(20-11-21-17)18(25)24(19)15-10-6-4-8-13(15)2/h3-11H,1-2H3,(H,20,21)(H,22,23). The number of hydrogen-bond acceptors (Lipinski definition) is 4. The number of nitrogens with one attached hydrogen (secondary N) is 2. The van der Waals surface area contributed by atoms with Gasteiger partial charge in [0.15, 0.2) is 11.2 Å². The maximum Gasteiger partial charge on any atom is 0.285 e. The zero-order chi connectivity index (χ0) is 17.4. The molecule has 0 unspecified atom stereocenters. The minimum Gasteiger partial charge on any atom is -0.339 e. The third-order valence-electron chi connectivity index (χ3n) is 4.21. The molecule has 0 saturated heterocycles. The Bertz CT molecular complexity index is 1130. The summed E-state index contributed by atoms with van der Waals surface area (Å²) >= 11 is 0. The minimum atomic E-state index is -0.187. The fourth-order valence-corrected chi connectivity index (χ4v) is 2.84. The van der Waals surface area contributed by atoms with Crippen LogP contribution in [0.5, 0.6) is 0 Å². The summed E-state index contributed by atoms with van der Waals surface area (Å²) < 4.78 is 1.59. The largest absolute Gasteiger partial charge is 0.339 e. The van der Waals surface area contributed by atoms with Gasteiger partial charge in [-0.1, -0.05) is 36.4 Å². The van der Waals surface area contributed by atoms with E-state index in [0.29, 0.717) is 17.1 Å². The van der Waals surface area contributed by atoms with Crippen LogP contribution in [0, 0.1) is 13.8 Å². The zero-order valence-corrected chi connectivity index (χ0v) is 13.9. The second-order valence-electron chi connectivity index (χ2n) is 5.90. The van der Waals surface area contributed by atoms with E-state index in [1.165, 1.54) is 6.33 Å². The number of H-pyrrole nitrogens is 1. The molecule has 6 nitrogen and oxygen atoms in total. The lowest BCUT2D eigenvalue weighted by Crippen LogP contribution is -2.23. The Morgan fingerprint density at radius 2 is 1.72 bits per heavy atom. The molecule has 0 bridgehead atoms. The van der Waals surface area contributed by atoms with Crippen molar-refractivity contribution in [1.82, 2.24) is 19.5 Å². The number of aromatic amines is 1. The van der Waals surface area contributed by atoms with E-state index in [2.05, 4.69) is 20.3 Å². The predicted octanol–water partition coefficient (Wildman–Crippen LogP) is 3.47. The molecule has 2 heterocycles. The van der Waals surface area contributed by atoms with Crippen LogP contribution in [-0.2, 0) is 0 Å². The van der Waals surface area contributed by atoms with Crippen molar-refractivity contribution in [2.24, 2.45) is 0 Å². The summed E-state index contributed by atoms with van der Waals surface area (Å²) in [6.07, 6.45) is 1.48. The highest BCUT2D eigenvalue weighted by Gasteiger charge is 2.16. The molecule has 4 aromatic rings. The van der Waals surface area contributed by atoms with Crippen LogP contribution in [0.4, 0.5) is 11.6 Å². The van der Waals surface area contributed by atoms with Crippen LogP contribution in [0.2, 0.25) is 0 Å². The number of imidazole rings is 1. The molecule has 6 heteroatoms. The lowest BCUT2D eigenvalue weighted by molar-refractivity contribution is 0.958. The van der Waals surface area contributed by atoms with E-state index < -0.39 is 0 Å². The summed E-state index contributed by atoms with van der Waals surface area (Å²) in [6, 6.07) is 15.6. The fraction of sp³-hybridized carbons (Fsp3) is 0.105. The van der Waals surface area contributed by atoms with Gasteiger partial charge in [-0.15, -0.1) is 0 Å². The molecule has 0 aliphatic carbocycles. The van der Waals surface area contributed by atoms with Crippen LogP contribution in [0.15, 0.2) is 59.7 Å². The highest BCUT2D eigenvalue weighted by atomic mass is 16.1. The number of hydrogen-bond donors (Lipinski definition) is 2. The van der Waals surface area contributed by atoms with Crippen LogP contribution < -0.4 is 10.9 Å². The van der Waals surface area contributed by atoms with E-state index in [9.17, 15) is 4.79 Å². The maximum atomic E-state index is 13.0. The molecule has 0 amide bonds. The van der Waals surface area contributed by atoms with Gasteiger partial charge in [0.2, 0.25) is 5.95 Å². The summed E-state index contributed by atoms with van der Waals surface area (Å²) in [5.41, 5.74) is 4.32. The third kappa shape index (κ3) is 2.57. The number of anilines is 2. The third-order valence-corrected chi connectivity index (χ3v) is 4.21. The highest BCUT2D eigenvalue weighted by molar-refractivity contribution is 5.73. The molecular weight excluding hydrogens is 314 g/mol. The molecule has 0 fully saturated rings. The quantitative estimate of drug-likeness (QED) is 0.603. The molecule has 0 saturated carbocycles. The highest BCUT2D eigenvalue weighted by Crippen LogP contribution is 2.22. The smallest absolute Gasteiger partial charge is 0.285 e. The maximum absolute atomic E-state index is 13.0. The summed E-state index contributed by atoms with van der Waals surface area (Å²) in [7, 11) is 0. The van der Waals surface area contributed by atoms with Crippen LogP contribution >= 0.6 is 0 Å². The topological polar surface area (TPSA) is 75.6 Å². The molecule has 2 aromatic carbocycles. The molecule has 0 radical (unpaired) electrons. The van der Waals surface area contributed by atoms with Gasteiger partial charge in [-0.3, -0.25) is 4.79 Å². The summed E-state index contributed by atoms with van der Waals surface area (Å²) in [4.78, 5) is 24.6. The lowest BCUT2D eigenvalue weighted by atomic mass is 10.2. The SMILES string of the molecule is Cc1ccccc1Nc1nc2nc[nH]c2c(=O)n1-c1ccccc1C. The lowest BCUT2D eigenvalue weighted by Gasteiger charge is -2.16. The number of fused-ring (bicyclic) bond motifs is 1. The number of benzene rings is 2. The normalized spacial score (nSPS) is 11.0. The van der Waals surface area contributed by atoms with Crippen molar-refractivity contribution in [1.29, 1.82) is 0 Å². The van der Waals surface area contributed by atoms with Crippen molar-refractivity contribution in [3.05, 3.63) is 76.3 Å². The van der Waals surface area contributed by atoms with Gasteiger partial charge in [0.25, 0.3) is 5.56 Å². The van der Waals surface area contributed by atoms with Gasteiger partial charge in [-0.2, -0.15) is 4.98 Å². The summed E-state index contributed by atoms with van der Waals surface area (Å²) in [5, 5.41) is 3.29. The fourth-order valence-electron chi connectivity index (χ4n) is 2.84. The zero-order valence-electron chi connectivity index (χ0n) is 13.9. The molecule has 2 N–H and O–H groups in total. The first-order valence-electron chi connectivity index (χ1n) is 8.00. The van der Waals surface area contributed by atoms with Gasteiger partial charge in [0, 0.05) is 5.69 Å². The number of aromatic nitrogens is 4. The van der Waals surface area contributed by atoms with Gasteiger partial charge in [0.05, 0.1) is 12.0 Å². The van der Waals surface area contributed by atoms with Crippen LogP contribution in [0.1, 0.15) is 11.1 Å². The van der Waals surface area contributed by atoms with E-state index in [1.54, 1.807) is 4.57 Å². The average molecular weight is 331 g/mol. The first kappa shape index (κ1) is 15.1. The van der Waals surface area contributed by atoms with Crippen LogP contribution in [-0.4, -0.2) is 19.5 Å². The van der Waals surface area contributed by atoms with Gasteiger partial charge in [-0.05, 0) is 37.1 Å². The number of rotatable bonds is 3. The van der Waals surface area contributed by atoms with Crippen molar-refractivity contribution in [2.75, 3.05) is 5.32 Å². The van der Waals surface area contributed by atoms with Crippen molar-refractivity contribution in [2.45, 2.75) is 13.8 Å². The Kier molecular flexibility index (Phi) is 3.57.